The van der Waals surface area contributed by atoms with Crippen LogP contribution < -0.4 is 5.32 Å². The predicted octanol–water partition coefficient (Wildman–Crippen LogP) is 5.34. The van der Waals surface area contributed by atoms with Crippen molar-refractivity contribution in [3.63, 3.8) is 0 Å². The van der Waals surface area contributed by atoms with E-state index in [2.05, 4.69) is 33.4 Å². The van der Waals surface area contributed by atoms with E-state index in [9.17, 15) is 4.39 Å². The van der Waals surface area contributed by atoms with Crippen molar-refractivity contribution in [2.45, 2.75) is 18.9 Å². The van der Waals surface area contributed by atoms with E-state index in [4.69, 9.17) is 11.6 Å². The lowest BCUT2D eigenvalue weighted by molar-refractivity contribution is 0.625. The van der Waals surface area contributed by atoms with Crippen LogP contribution in [-0.4, -0.2) is 0 Å². The summed E-state index contributed by atoms with van der Waals surface area (Å²) in [5.41, 5.74) is 2.92. The molecule has 1 aliphatic carbocycles. The van der Waals surface area contributed by atoms with E-state index < -0.39 is 0 Å². The summed E-state index contributed by atoms with van der Waals surface area (Å²) in [5.74, 6) is -0.307. The van der Waals surface area contributed by atoms with E-state index in [0.29, 0.717) is 10.7 Å². The third-order valence-electron chi connectivity index (χ3n) is 3.46. The fourth-order valence-electron chi connectivity index (χ4n) is 2.55. The molecule has 0 aliphatic heterocycles. The van der Waals surface area contributed by atoms with Crippen molar-refractivity contribution in [3.05, 3.63) is 62.8 Å². The lowest BCUT2D eigenvalue weighted by Gasteiger charge is -2.17. The first-order chi connectivity index (χ1) is 9.15. The molecule has 0 aromatic heterocycles. The molecule has 1 aliphatic rings. The quantitative estimate of drug-likeness (QED) is 0.778. The monoisotopic (exact) mass is 339 g/mol. The third kappa shape index (κ3) is 2.49. The SMILES string of the molecule is Fc1cccc(Cl)c1NC1CCc2cc(Br)ccc21. The van der Waals surface area contributed by atoms with Gasteiger partial charge in [-0.15, -0.1) is 0 Å². The standard InChI is InChI=1S/C15H12BrClFN/c16-10-5-6-11-9(8-10)4-7-14(11)19-15-12(17)2-1-3-13(15)18/h1-3,5-6,8,14,19H,4,7H2. The molecule has 98 valence electrons. The molecule has 0 radical (unpaired) electrons. The van der Waals surface area contributed by atoms with Crippen molar-refractivity contribution in [1.82, 2.24) is 0 Å². The first-order valence-electron chi connectivity index (χ1n) is 6.14. The van der Waals surface area contributed by atoms with Crippen molar-refractivity contribution in [2.75, 3.05) is 5.32 Å². The van der Waals surface area contributed by atoms with Crippen LogP contribution in [0.5, 0.6) is 0 Å². The summed E-state index contributed by atoms with van der Waals surface area (Å²) in [6.45, 7) is 0. The topological polar surface area (TPSA) is 12.0 Å². The van der Waals surface area contributed by atoms with Crippen molar-refractivity contribution in [3.8, 4) is 0 Å². The molecule has 0 bridgehead atoms. The minimum absolute atomic E-state index is 0.123. The molecule has 4 heteroatoms. The van der Waals surface area contributed by atoms with Crippen LogP contribution in [0, 0.1) is 5.82 Å². The van der Waals surface area contributed by atoms with Gasteiger partial charge in [0.05, 0.1) is 16.8 Å². The highest BCUT2D eigenvalue weighted by molar-refractivity contribution is 9.10. The molecule has 3 rings (SSSR count). The number of fused-ring (bicyclic) bond motifs is 1. The molecule has 0 saturated heterocycles. The van der Waals surface area contributed by atoms with Crippen molar-refractivity contribution in [1.29, 1.82) is 0 Å². The van der Waals surface area contributed by atoms with Gasteiger partial charge in [0.15, 0.2) is 0 Å². The Morgan fingerprint density at radius 3 is 2.89 bits per heavy atom. The molecule has 1 unspecified atom stereocenters. The third-order valence-corrected chi connectivity index (χ3v) is 4.27. The molecule has 0 spiro atoms. The zero-order valence-electron chi connectivity index (χ0n) is 10.1. The zero-order valence-corrected chi connectivity index (χ0v) is 12.4. The fraction of sp³-hybridized carbons (Fsp3) is 0.200. The highest BCUT2D eigenvalue weighted by Crippen LogP contribution is 2.37. The first kappa shape index (κ1) is 12.9. The number of rotatable bonds is 2. The molecular formula is C15H12BrClFN. The second kappa shape index (κ2) is 5.14. The molecule has 2 aromatic rings. The van der Waals surface area contributed by atoms with Crippen molar-refractivity contribution in [2.24, 2.45) is 0 Å². The average molecular weight is 341 g/mol. The Balaban J connectivity index is 1.91. The van der Waals surface area contributed by atoms with Gasteiger partial charge in [0.25, 0.3) is 0 Å². The minimum Gasteiger partial charge on any atom is -0.375 e. The van der Waals surface area contributed by atoms with Gasteiger partial charge in [-0.25, -0.2) is 4.39 Å². The summed E-state index contributed by atoms with van der Waals surface area (Å²) in [5, 5.41) is 3.65. The van der Waals surface area contributed by atoms with Gasteiger partial charge in [-0.3, -0.25) is 0 Å². The van der Waals surface area contributed by atoms with E-state index >= 15 is 0 Å². The first-order valence-corrected chi connectivity index (χ1v) is 7.31. The Bertz CT molecular complexity index is 609. The Morgan fingerprint density at radius 1 is 1.26 bits per heavy atom. The summed E-state index contributed by atoms with van der Waals surface area (Å²) in [6, 6.07) is 11.1. The van der Waals surface area contributed by atoms with Gasteiger partial charge in [-0.2, -0.15) is 0 Å². The summed E-state index contributed by atoms with van der Waals surface area (Å²) in [7, 11) is 0. The molecule has 0 heterocycles. The normalized spacial score (nSPS) is 17.3. The molecular weight excluding hydrogens is 329 g/mol. The minimum atomic E-state index is -0.307. The van der Waals surface area contributed by atoms with E-state index in [1.54, 1.807) is 12.1 Å². The number of hydrogen-bond acceptors (Lipinski definition) is 1. The van der Waals surface area contributed by atoms with Crippen LogP contribution in [0.2, 0.25) is 5.02 Å². The van der Waals surface area contributed by atoms with Crippen LogP contribution >= 0.6 is 27.5 Å². The number of anilines is 1. The second-order valence-corrected chi connectivity index (χ2v) is 6.00. The van der Waals surface area contributed by atoms with Crippen molar-refractivity contribution < 1.29 is 4.39 Å². The highest BCUT2D eigenvalue weighted by Gasteiger charge is 2.23. The van der Waals surface area contributed by atoms with E-state index in [-0.39, 0.29) is 11.9 Å². The van der Waals surface area contributed by atoms with Gasteiger partial charge < -0.3 is 5.32 Å². The van der Waals surface area contributed by atoms with Gasteiger partial charge in [0.1, 0.15) is 5.82 Å². The number of benzene rings is 2. The van der Waals surface area contributed by atoms with E-state index in [1.165, 1.54) is 17.2 Å². The van der Waals surface area contributed by atoms with Crippen molar-refractivity contribution >= 4 is 33.2 Å². The summed E-state index contributed by atoms with van der Waals surface area (Å²) in [6.07, 6.45) is 1.95. The fourth-order valence-corrected chi connectivity index (χ4v) is 3.17. The van der Waals surface area contributed by atoms with Crippen LogP contribution in [0.1, 0.15) is 23.6 Å². The van der Waals surface area contributed by atoms with Gasteiger partial charge in [0.2, 0.25) is 0 Å². The van der Waals surface area contributed by atoms with Crippen LogP contribution in [-0.2, 0) is 6.42 Å². The molecule has 1 nitrogen and oxygen atoms in total. The maximum atomic E-state index is 13.8. The Hall–Kier alpha value is -1.06. The Labute approximate surface area is 124 Å². The smallest absolute Gasteiger partial charge is 0.147 e. The van der Waals surface area contributed by atoms with Crippen LogP contribution in [0.4, 0.5) is 10.1 Å². The highest BCUT2D eigenvalue weighted by atomic mass is 79.9. The Morgan fingerprint density at radius 2 is 2.11 bits per heavy atom. The van der Waals surface area contributed by atoms with Crippen LogP contribution in [0.15, 0.2) is 40.9 Å². The average Bonchev–Trinajstić information content (AvgIpc) is 2.76. The molecule has 0 amide bonds. The van der Waals surface area contributed by atoms with Crippen LogP contribution in [0.25, 0.3) is 0 Å². The van der Waals surface area contributed by atoms with Gasteiger partial charge >= 0.3 is 0 Å². The largest absolute Gasteiger partial charge is 0.375 e. The number of para-hydroxylation sites is 1. The molecule has 2 aromatic carbocycles. The zero-order chi connectivity index (χ0) is 13.4. The number of hydrogen-bond donors (Lipinski definition) is 1. The molecule has 1 N–H and O–H groups in total. The predicted molar refractivity (Wildman–Crippen MR) is 80.2 cm³/mol. The van der Waals surface area contributed by atoms with Gasteiger partial charge in [-0.05, 0) is 48.2 Å². The van der Waals surface area contributed by atoms with E-state index in [0.717, 1.165) is 17.3 Å². The summed E-state index contributed by atoms with van der Waals surface area (Å²) < 4.78 is 14.9. The Kier molecular flexibility index (Phi) is 3.50. The number of aryl methyl sites for hydroxylation is 1. The molecule has 19 heavy (non-hydrogen) atoms. The van der Waals surface area contributed by atoms with Crippen LogP contribution in [0.3, 0.4) is 0 Å². The number of halogens is 3. The van der Waals surface area contributed by atoms with Gasteiger partial charge in [-0.1, -0.05) is 39.7 Å². The lowest BCUT2D eigenvalue weighted by atomic mass is 10.1. The molecule has 1 atom stereocenters. The lowest BCUT2D eigenvalue weighted by Crippen LogP contribution is -2.08. The summed E-state index contributed by atoms with van der Waals surface area (Å²) >= 11 is 9.52. The van der Waals surface area contributed by atoms with Gasteiger partial charge in [0, 0.05) is 4.47 Å². The summed E-state index contributed by atoms with van der Waals surface area (Å²) in [4.78, 5) is 0. The number of nitrogens with one attached hydrogen (secondary N) is 1. The maximum absolute atomic E-state index is 13.8. The second-order valence-electron chi connectivity index (χ2n) is 4.68. The molecule has 0 saturated carbocycles. The molecule has 0 fully saturated rings. The maximum Gasteiger partial charge on any atom is 0.147 e. The van der Waals surface area contributed by atoms with E-state index in [1.807, 2.05) is 6.07 Å².